The van der Waals surface area contributed by atoms with E-state index in [-0.39, 0.29) is 5.57 Å². The highest BCUT2D eigenvalue weighted by Crippen LogP contribution is 2.13. The minimum absolute atomic E-state index is 0.211. The van der Waals surface area contributed by atoms with Gasteiger partial charge in [0.25, 0.3) is 0 Å². The molecule has 0 aromatic rings. The van der Waals surface area contributed by atoms with Crippen LogP contribution < -0.4 is 5.32 Å². The van der Waals surface area contributed by atoms with Crippen LogP contribution in [0.3, 0.4) is 0 Å². The van der Waals surface area contributed by atoms with E-state index in [1.807, 2.05) is 33.8 Å². The van der Waals surface area contributed by atoms with Crippen LogP contribution in [0, 0.1) is 0 Å². The summed E-state index contributed by atoms with van der Waals surface area (Å²) in [6.07, 6.45) is 12.8. The second kappa shape index (κ2) is 14.4. The highest BCUT2D eigenvalue weighted by molar-refractivity contribution is 5.92. The van der Waals surface area contributed by atoms with E-state index in [1.165, 1.54) is 12.2 Å². The van der Waals surface area contributed by atoms with Gasteiger partial charge >= 0.3 is 5.97 Å². The summed E-state index contributed by atoms with van der Waals surface area (Å²) in [5.74, 6) is -0.967. The van der Waals surface area contributed by atoms with E-state index in [2.05, 4.69) is 24.0 Å². The molecule has 0 aromatic heterocycles. The molecule has 1 rings (SSSR count). The van der Waals surface area contributed by atoms with E-state index in [9.17, 15) is 4.79 Å². The number of rotatable bonds is 5. The summed E-state index contributed by atoms with van der Waals surface area (Å²) < 4.78 is 0. The lowest BCUT2D eigenvalue weighted by Gasteiger charge is -2.14. The standard InChI is InChI=1S/C14H17NO2.2C2H6/c1-3-8-12(14(16)17)13(4-2)15-11-9-6-5-7-10-11;2*1-2/h3-4,6,8-10,15H,1,5,7H2,2H3,(H,16,17);2*1-2H3/b12-8+,13-4+;;. The zero-order chi connectivity index (χ0) is 16.7. The van der Waals surface area contributed by atoms with Crippen molar-refractivity contribution in [3.05, 3.63) is 60.0 Å². The monoisotopic (exact) mass is 291 g/mol. The van der Waals surface area contributed by atoms with Crippen LogP contribution >= 0.6 is 0 Å². The summed E-state index contributed by atoms with van der Waals surface area (Å²) in [7, 11) is 0. The van der Waals surface area contributed by atoms with Gasteiger partial charge in [-0.3, -0.25) is 0 Å². The Kier molecular flexibility index (Phi) is 14.6. The quantitative estimate of drug-likeness (QED) is 0.556. The van der Waals surface area contributed by atoms with Gasteiger partial charge in [0.15, 0.2) is 0 Å². The van der Waals surface area contributed by atoms with E-state index in [0.717, 1.165) is 18.5 Å². The lowest BCUT2D eigenvalue weighted by Crippen LogP contribution is -2.18. The number of hydrogen-bond acceptors (Lipinski definition) is 2. The second-order valence-corrected chi connectivity index (χ2v) is 3.59. The average molecular weight is 291 g/mol. The Morgan fingerprint density at radius 2 is 1.90 bits per heavy atom. The van der Waals surface area contributed by atoms with Crippen LogP contribution in [0.5, 0.6) is 0 Å². The molecule has 1 aliphatic carbocycles. The Hall–Kier alpha value is -2.03. The number of hydrogen-bond donors (Lipinski definition) is 2. The van der Waals surface area contributed by atoms with Crippen molar-refractivity contribution in [1.82, 2.24) is 5.32 Å². The van der Waals surface area contributed by atoms with Gasteiger partial charge in [-0.05, 0) is 31.9 Å². The Balaban J connectivity index is 0. The zero-order valence-electron chi connectivity index (χ0n) is 13.9. The topological polar surface area (TPSA) is 49.3 Å². The largest absolute Gasteiger partial charge is 0.478 e. The van der Waals surface area contributed by atoms with Gasteiger partial charge in [0.05, 0.1) is 5.57 Å². The number of aliphatic carboxylic acids is 1. The molecule has 0 bridgehead atoms. The highest BCUT2D eigenvalue weighted by atomic mass is 16.4. The molecule has 1 aliphatic rings. The van der Waals surface area contributed by atoms with E-state index in [1.54, 1.807) is 13.0 Å². The van der Waals surface area contributed by atoms with E-state index in [0.29, 0.717) is 5.70 Å². The minimum atomic E-state index is -0.967. The van der Waals surface area contributed by atoms with Crippen molar-refractivity contribution in [2.75, 3.05) is 0 Å². The third-order valence-electron chi connectivity index (χ3n) is 2.37. The molecule has 0 aliphatic heterocycles. The molecule has 0 spiro atoms. The zero-order valence-corrected chi connectivity index (χ0v) is 13.9. The third-order valence-corrected chi connectivity index (χ3v) is 2.37. The van der Waals surface area contributed by atoms with E-state index >= 15 is 0 Å². The number of carboxylic acid groups (broad SMARTS) is 1. The Labute approximate surface area is 129 Å². The van der Waals surface area contributed by atoms with Crippen LogP contribution in [0.25, 0.3) is 0 Å². The molecule has 0 amide bonds. The first-order valence-corrected chi connectivity index (χ1v) is 7.55. The first-order chi connectivity index (χ1) is 10.2. The number of carboxylic acids is 1. The van der Waals surface area contributed by atoms with Crippen molar-refractivity contribution >= 4 is 5.97 Å². The lowest BCUT2D eigenvalue weighted by molar-refractivity contribution is -0.132. The first-order valence-electron chi connectivity index (χ1n) is 7.55. The first kappa shape index (κ1) is 21.3. The highest BCUT2D eigenvalue weighted by Gasteiger charge is 2.12. The van der Waals surface area contributed by atoms with Crippen molar-refractivity contribution < 1.29 is 9.90 Å². The summed E-state index contributed by atoms with van der Waals surface area (Å²) in [5, 5.41) is 12.2. The number of nitrogens with one attached hydrogen (secondary N) is 1. The lowest BCUT2D eigenvalue weighted by atomic mass is 10.1. The van der Waals surface area contributed by atoms with Crippen LogP contribution in [0.2, 0.25) is 0 Å². The molecule has 2 N–H and O–H groups in total. The van der Waals surface area contributed by atoms with Gasteiger partial charge in [0.1, 0.15) is 0 Å². The van der Waals surface area contributed by atoms with Gasteiger partial charge in [-0.1, -0.05) is 58.6 Å². The molecule has 0 heterocycles. The molecule has 0 saturated heterocycles. The smallest absolute Gasteiger partial charge is 0.337 e. The van der Waals surface area contributed by atoms with Crippen molar-refractivity contribution in [3.8, 4) is 0 Å². The molecular formula is C18H29NO2. The predicted octanol–water partition coefficient (Wildman–Crippen LogP) is 4.96. The molecule has 0 unspecified atom stereocenters. The Bertz CT molecular complexity index is 426. The molecule has 3 heteroatoms. The minimum Gasteiger partial charge on any atom is -0.478 e. The molecule has 0 radical (unpaired) electrons. The van der Waals surface area contributed by atoms with Crippen LogP contribution in [-0.2, 0) is 4.79 Å². The normalized spacial score (nSPS) is 13.9. The van der Waals surface area contributed by atoms with Crippen LogP contribution in [-0.4, -0.2) is 11.1 Å². The summed E-state index contributed by atoms with van der Waals surface area (Å²) >= 11 is 0. The van der Waals surface area contributed by atoms with Gasteiger partial charge in [-0.15, -0.1) is 0 Å². The van der Waals surface area contributed by atoms with Crippen molar-refractivity contribution in [2.45, 2.75) is 47.5 Å². The fourth-order valence-electron chi connectivity index (χ4n) is 1.55. The van der Waals surface area contributed by atoms with E-state index < -0.39 is 5.97 Å². The second-order valence-electron chi connectivity index (χ2n) is 3.59. The van der Waals surface area contributed by atoms with Gasteiger partial charge in [0.2, 0.25) is 0 Å². The van der Waals surface area contributed by atoms with Gasteiger partial charge < -0.3 is 10.4 Å². The van der Waals surface area contributed by atoms with Crippen LogP contribution in [0.4, 0.5) is 0 Å². The average Bonchev–Trinajstić information content (AvgIpc) is 2.55. The summed E-state index contributed by atoms with van der Waals surface area (Å²) in [4.78, 5) is 11.1. The van der Waals surface area contributed by atoms with Gasteiger partial charge in [0, 0.05) is 11.4 Å². The summed E-state index contributed by atoms with van der Waals surface area (Å²) in [5.41, 5.74) is 1.72. The number of carbonyl (C=O) groups is 1. The number of allylic oxidation sites excluding steroid dienone is 6. The molecule has 0 aromatic carbocycles. The molecule has 118 valence electrons. The van der Waals surface area contributed by atoms with Gasteiger partial charge in [-0.2, -0.15) is 0 Å². The summed E-state index contributed by atoms with van der Waals surface area (Å²) in [6, 6.07) is 0. The van der Waals surface area contributed by atoms with Crippen molar-refractivity contribution in [2.24, 2.45) is 0 Å². The fraction of sp³-hybridized carbons (Fsp3) is 0.389. The van der Waals surface area contributed by atoms with Crippen molar-refractivity contribution in [3.63, 3.8) is 0 Å². The van der Waals surface area contributed by atoms with Crippen molar-refractivity contribution in [1.29, 1.82) is 0 Å². The van der Waals surface area contributed by atoms with Gasteiger partial charge in [-0.25, -0.2) is 4.79 Å². The summed E-state index contributed by atoms with van der Waals surface area (Å²) in [6.45, 7) is 13.3. The third kappa shape index (κ3) is 8.69. The molecular weight excluding hydrogens is 262 g/mol. The SMILES string of the molecule is C=C/C=C(C(=O)O)\C(=C/C)NC1=CCCC=C1.CC.CC. The molecule has 3 nitrogen and oxygen atoms in total. The van der Waals surface area contributed by atoms with Crippen LogP contribution in [0.15, 0.2) is 60.0 Å². The Morgan fingerprint density at radius 1 is 1.29 bits per heavy atom. The molecule has 0 atom stereocenters. The molecule has 21 heavy (non-hydrogen) atoms. The maximum atomic E-state index is 11.1. The fourth-order valence-corrected chi connectivity index (χ4v) is 1.55. The van der Waals surface area contributed by atoms with Crippen LogP contribution in [0.1, 0.15) is 47.5 Å². The van der Waals surface area contributed by atoms with E-state index in [4.69, 9.17) is 5.11 Å². The maximum absolute atomic E-state index is 11.1. The Morgan fingerprint density at radius 3 is 2.29 bits per heavy atom. The molecule has 0 fully saturated rings. The predicted molar refractivity (Wildman–Crippen MR) is 92.0 cm³/mol. The molecule has 0 saturated carbocycles. The maximum Gasteiger partial charge on any atom is 0.337 e.